The molecule has 1 aliphatic heterocycles. The van der Waals surface area contributed by atoms with E-state index in [9.17, 15) is 4.79 Å². The molecule has 3 heteroatoms. The number of halogens is 1. The summed E-state index contributed by atoms with van der Waals surface area (Å²) in [5, 5.41) is 0.658. The average Bonchev–Trinajstić information content (AvgIpc) is 2.81. The lowest BCUT2D eigenvalue weighted by molar-refractivity contribution is 0.0929. The quantitative estimate of drug-likeness (QED) is 0.796. The molecule has 0 unspecified atom stereocenters. The Hall–Kier alpha value is -1.64. The van der Waals surface area contributed by atoms with Crippen LogP contribution >= 0.6 is 11.6 Å². The number of carbonyl (C=O) groups excluding carboxylic acids is 1. The summed E-state index contributed by atoms with van der Waals surface area (Å²) in [6.45, 7) is 2.17. The van der Waals surface area contributed by atoms with E-state index < -0.39 is 0 Å². The molecule has 3 rings (SSSR count). The number of ketones is 1. The number of benzene rings is 2. The highest BCUT2D eigenvalue weighted by Crippen LogP contribution is 2.22. The zero-order valence-electron chi connectivity index (χ0n) is 10.5. The van der Waals surface area contributed by atoms with Gasteiger partial charge in [-0.25, -0.2) is 0 Å². The van der Waals surface area contributed by atoms with Crippen LogP contribution in [0.5, 0.6) is 0 Å². The van der Waals surface area contributed by atoms with Crippen molar-refractivity contribution in [2.45, 2.75) is 13.1 Å². The Bertz CT molecular complexity index is 581. The molecule has 0 radical (unpaired) electrons. The summed E-state index contributed by atoms with van der Waals surface area (Å²) in [7, 11) is 0. The minimum Gasteiger partial charge on any atom is -0.293 e. The summed E-state index contributed by atoms with van der Waals surface area (Å²) in [5.41, 5.74) is 3.37. The molecule has 0 N–H and O–H groups in total. The fraction of sp³-hybridized carbons (Fsp3) is 0.188. The van der Waals surface area contributed by atoms with Gasteiger partial charge < -0.3 is 0 Å². The molecule has 96 valence electrons. The third-order valence-corrected chi connectivity index (χ3v) is 3.69. The van der Waals surface area contributed by atoms with Crippen LogP contribution in [0.3, 0.4) is 0 Å². The number of Topliss-reactive ketones (excluding diaryl/α,β-unsaturated/α-hetero) is 1. The van der Waals surface area contributed by atoms with Gasteiger partial charge >= 0.3 is 0 Å². The highest BCUT2D eigenvalue weighted by Gasteiger charge is 2.20. The molecule has 1 aliphatic rings. The monoisotopic (exact) mass is 271 g/mol. The summed E-state index contributed by atoms with van der Waals surface area (Å²) < 4.78 is 0. The fourth-order valence-electron chi connectivity index (χ4n) is 2.45. The number of hydrogen-bond donors (Lipinski definition) is 0. The Morgan fingerprint density at radius 2 is 1.58 bits per heavy atom. The van der Waals surface area contributed by atoms with Crippen molar-refractivity contribution in [3.05, 3.63) is 70.2 Å². The second-order valence-corrected chi connectivity index (χ2v) is 5.28. The first-order chi connectivity index (χ1) is 9.22. The highest BCUT2D eigenvalue weighted by molar-refractivity contribution is 6.30. The maximum Gasteiger partial charge on any atom is 0.176 e. The van der Waals surface area contributed by atoms with Gasteiger partial charge in [0.15, 0.2) is 5.78 Å². The molecule has 0 spiro atoms. The largest absolute Gasteiger partial charge is 0.293 e. The Morgan fingerprint density at radius 1 is 1.00 bits per heavy atom. The number of carbonyl (C=O) groups is 1. The maximum atomic E-state index is 12.2. The van der Waals surface area contributed by atoms with Crippen LogP contribution in [0.1, 0.15) is 21.5 Å². The molecule has 0 aromatic heterocycles. The molecule has 0 atom stereocenters. The molecule has 2 aromatic carbocycles. The fourth-order valence-corrected chi connectivity index (χ4v) is 2.57. The van der Waals surface area contributed by atoms with E-state index in [0.29, 0.717) is 11.6 Å². The molecule has 0 fully saturated rings. The first-order valence-electron chi connectivity index (χ1n) is 6.30. The molecular weight excluding hydrogens is 258 g/mol. The van der Waals surface area contributed by atoms with E-state index in [0.717, 1.165) is 18.7 Å². The van der Waals surface area contributed by atoms with E-state index >= 15 is 0 Å². The van der Waals surface area contributed by atoms with E-state index in [1.807, 2.05) is 12.1 Å². The molecule has 2 aromatic rings. The van der Waals surface area contributed by atoms with Gasteiger partial charge in [-0.3, -0.25) is 9.69 Å². The van der Waals surface area contributed by atoms with Crippen LogP contribution in [0.25, 0.3) is 0 Å². The van der Waals surface area contributed by atoms with Crippen molar-refractivity contribution >= 4 is 17.4 Å². The highest BCUT2D eigenvalue weighted by atomic mass is 35.5. The summed E-state index contributed by atoms with van der Waals surface area (Å²) in [6.07, 6.45) is 0. The topological polar surface area (TPSA) is 20.3 Å². The molecule has 0 aliphatic carbocycles. The number of fused-ring (bicyclic) bond motifs is 1. The summed E-state index contributed by atoms with van der Waals surface area (Å²) in [4.78, 5) is 14.3. The van der Waals surface area contributed by atoms with Crippen LogP contribution in [-0.4, -0.2) is 17.2 Å². The molecule has 0 saturated carbocycles. The predicted molar refractivity (Wildman–Crippen MR) is 76.3 cm³/mol. The average molecular weight is 272 g/mol. The Balaban J connectivity index is 1.67. The minimum atomic E-state index is 0.143. The van der Waals surface area contributed by atoms with Crippen molar-refractivity contribution in [1.82, 2.24) is 4.90 Å². The molecule has 0 saturated heterocycles. The molecule has 1 heterocycles. The van der Waals surface area contributed by atoms with Gasteiger partial charge in [-0.15, -0.1) is 0 Å². The third kappa shape index (κ3) is 2.70. The summed E-state index contributed by atoms with van der Waals surface area (Å²) in [6, 6.07) is 15.4. The van der Waals surface area contributed by atoms with Gasteiger partial charge in [0, 0.05) is 23.7 Å². The van der Waals surface area contributed by atoms with E-state index in [1.165, 1.54) is 11.1 Å². The van der Waals surface area contributed by atoms with Crippen LogP contribution < -0.4 is 0 Å². The van der Waals surface area contributed by atoms with E-state index in [2.05, 4.69) is 17.0 Å². The molecule has 0 bridgehead atoms. The summed E-state index contributed by atoms with van der Waals surface area (Å²) in [5.74, 6) is 0.143. The van der Waals surface area contributed by atoms with Crippen molar-refractivity contribution in [1.29, 1.82) is 0 Å². The lowest BCUT2D eigenvalue weighted by atomic mass is 10.1. The van der Waals surface area contributed by atoms with Crippen LogP contribution in [0.15, 0.2) is 48.5 Å². The van der Waals surface area contributed by atoms with Gasteiger partial charge in [-0.05, 0) is 35.4 Å². The van der Waals surface area contributed by atoms with Crippen LogP contribution in [0, 0.1) is 0 Å². The minimum absolute atomic E-state index is 0.143. The number of rotatable bonds is 3. The molecular formula is C16H14ClNO. The Labute approximate surface area is 117 Å². The van der Waals surface area contributed by atoms with Crippen molar-refractivity contribution in [3.8, 4) is 0 Å². The Morgan fingerprint density at radius 3 is 2.16 bits per heavy atom. The normalized spacial score (nSPS) is 14.4. The third-order valence-electron chi connectivity index (χ3n) is 3.44. The molecule has 0 amide bonds. The van der Waals surface area contributed by atoms with E-state index in [-0.39, 0.29) is 5.78 Å². The van der Waals surface area contributed by atoms with Gasteiger partial charge in [0.25, 0.3) is 0 Å². The van der Waals surface area contributed by atoms with Gasteiger partial charge in [-0.1, -0.05) is 35.9 Å². The second kappa shape index (κ2) is 5.16. The lowest BCUT2D eigenvalue weighted by Crippen LogP contribution is -2.24. The second-order valence-electron chi connectivity index (χ2n) is 4.84. The number of hydrogen-bond acceptors (Lipinski definition) is 2. The maximum absolute atomic E-state index is 12.2. The van der Waals surface area contributed by atoms with Gasteiger partial charge in [-0.2, -0.15) is 0 Å². The van der Waals surface area contributed by atoms with E-state index in [4.69, 9.17) is 11.6 Å². The first kappa shape index (κ1) is 12.4. The predicted octanol–water partition coefficient (Wildman–Crippen LogP) is 3.54. The van der Waals surface area contributed by atoms with E-state index in [1.54, 1.807) is 24.3 Å². The van der Waals surface area contributed by atoms with Crippen LogP contribution in [-0.2, 0) is 13.1 Å². The molecule has 19 heavy (non-hydrogen) atoms. The van der Waals surface area contributed by atoms with Crippen molar-refractivity contribution in [2.24, 2.45) is 0 Å². The smallest absolute Gasteiger partial charge is 0.176 e. The summed E-state index contributed by atoms with van der Waals surface area (Å²) >= 11 is 5.83. The zero-order chi connectivity index (χ0) is 13.2. The van der Waals surface area contributed by atoms with Crippen molar-refractivity contribution in [3.63, 3.8) is 0 Å². The van der Waals surface area contributed by atoms with Gasteiger partial charge in [0.2, 0.25) is 0 Å². The van der Waals surface area contributed by atoms with Crippen LogP contribution in [0.4, 0.5) is 0 Å². The standard InChI is InChI=1S/C16H14ClNO/c17-15-7-5-12(6-8-15)16(19)11-18-9-13-3-1-2-4-14(13)10-18/h1-8H,9-11H2. The van der Waals surface area contributed by atoms with Gasteiger partial charge in [0.1, 0.15) is 0 Å². The molecule has 2 nitrogen and oxygen atoms in total. The van der Waals surface area contributed by atoms with Gasteiger partial charge in [0.05, 0.1) is 6.54 Å². The lowest BCUT2D eigenvalue weighted by Gasteiger charge is -2.13. The zero-order valence-corrected chi connectivity index (χ0v) is 11.2. The SMILES string of the molecule is O=C(CN1Cc2ccccc2C1)c1ccc(Cl)cc1. The number of nitrogens with zero attached hydrogens (tertiary/aromatic N) is 1. The van der Waals surface area contributed by atoms with Crippen molar-refractivity contribution < 1.29 is 4.79 Å². The van der Waals surface area contributed by atoms with Crippen LogP contribution in [0.2, 0.25) is 5.02 Å². The first-order valence-corrected chi connectivity index (χ1v) is 6.68. The van der Waals surface area contributed by atoms with Crippen molar-refractivity contribution in [2.75, 3.05) is 6.54 Å². The Kier molecular flexibility index (Phi) is 3.36.